The molecule has 0 saturated carbocycles. The van der Waals surface area contributed by atoms with Crippen LogP contribution in [0.4, 0.5) is 0 Å². The highest BCUT2D eigenvalue weighted by molar-refractivity contribution is 5.75. The Balaban J connectivity index is 0. The summed E-state index contributed by atoms with van der Waals surface area (Å²) < 4.78 is 4.48. The first-order chi connectivity index (χ1) is 3.48. The summed E-state index contributed by atoms with van der Waals surface area (Å²) in [5, 5.41) is 0. The van der Waals surface area contributed by atoms with Gasteiger partial charge in [0.05, 0.1) is 12.5 Å². The predicted molar refractivity (Wildman–Crippen MR) is 36.5 cm³/mol. The number of carbonyl (C=O) groups is 1. The van der Waals surface area contributed by atoms with Gasteiger partial charge in [-0.3, -0.25) is 4.79 Å². The van der Waals surface area contributed by atoms with Gasteiger partial charge in [0, 0.05) is 0 Å². The average Bonchev–Trinajstić information content (AvgIpc) is 1.62. The molecule has 0 aliphatic carbocycles. The van der Waals surface area contributed by atoms with Crippen LogP contribution in [0, 0.1) is 5.41 Å². The van der Waals surface area contributed by atoms with Gasteiger partial charge in [-0.15, -0.1) is 0 Å². The van der Waals surface area contributed by atoms with Gasteiger partial charge in [0.15, 0.2) is 0 Å². The minimum atomic E-state index is -0.352. The van der Waals surface area contributed by atoms with Crippen molar-refractivity contribution in [3.05, 3.63) is 0 Å². The molecule has 56 valence electrons. The summed E-state index contributed by atoms with van der Waals surface area (Å²) in [5.41, 5.74) is -0.352. The second-order valence-electron chi connectivity index (χ2n) is 2.74. The van der Waals surface area contributed by atoms with Crippen LogP contribution in [0.15, 0.2) is 0 Å². The van der Waals surface area contributed by atoms with Gasteiger partial charge in [-0.1, -0.05) is 0 Å². The van der Waals surface area contributed by atoms with E-state index in [4.69, 9.17) is 0 Å². The molecule has 0 aliphatic heterocycles. The van der Waals surface area contributed by atoms with Gasteiger partial charge >= 0.3 is 5.97 Å². The van der Waals surface area contributed by atoms with Crippen LogP contribution in [0.3, 0.4) is 0 Å². The smallest absolute Gasteiger partial charge is 0.310 e. The second kappa shape index (κ2) is 3.45. The van der Waals surface area contributed by atoms with Gasteiger partial charge in [0.1, 0.15) is 0 Å². The van der Waals surface area contributed by atoms with Gasteiger partial charge in [-0.2, -0.15) is 0 Å². The maximum atomic E-state index is 10.6. The molecule has 3 heteroatoms. The molecule has 0 radical (unpaired) electrons. The van der Waals surface area contributed by atoms with Crippen molar-refractivity contribution < 1.29 is 9.53 Å². The molecule has 9 heavy (non-hydrogen) atoms. The third-order valence-electron chi connectivity index (χ3n) is 0.798. The summed E-state index contributed by atoms with van der Waals surface area (Å²) in [6, 6.07) is 0. The van der Waals surface area contributed by atoms with E-state index in [9.17, 15) is 4.79 Å². The molecule has 0 aromatic rings. The van der Waals surface area contributed by atoms with E-state index in [-0.39, 0.29) is 17.5 Å². The number of esters is 1. The third kappa shape index (κ3) is 3.97. The molecule has 0 rings (SSSR count). The van der Waals surface area contributed by atoms with Crippen LogP contribution in [0.2, 0.25) is 0 Å². The van der Waals surface area contributed by atoms with Crippen LogP contribution in [-0.4, -0.2) is 13.1 Å². The highest BCUT2D eigenvalue weighted by atomic mass is 16.5. The molecule has 0 heterocycles. The molecule has 0 atom stereocenters. The van der Waals surface area contributed by atoms with Crippen molar-refractivity contribution in [1.82, 2.24) is 6.15 Å². The lowest BCUT2D eigenvalue weighted by molar-refractivity contribution is -0.149. The van der Waals surface area contributed by atoms with Crippen molar-refractivity contribution in [2.75, 3.05) is 7.11 Å². The zero-order valence-electron chi connectivity index (χ0n) is 6.52. The van der Waals surface area contributed by atoms with E-state index in [2.05, 4.69) is 4.74 Å². The van der Waals surface area contributed by atoms with Crippen molar-refractivity contribution >= 4 is 5.97 Å². The highest BCUT2D eigenvalue weighted by Crippen LogP contribution is 2.13. The Hall–Kier alpha value is -0.570. The fourth-order valence-corrected chi connectivity index (χ4v) is 0.306. The second-order valence-corrected chi connectivity index (χ2v) is 2.74. The van der Waals surface area contributed by atoms with Crippen LogP contribution in [0.5, 0.6) is 0 Å². The lowest BCUT2D eigenvalue weighted by atomic mass is 9.98. The molecule has 0 fully saturated rings. The quantitative estimate of drug-likeness (QED) is 0.507. The number of carbonyl (C=O) groups excluding carboxylic acids is 1. The van der Waals surface area contributed by atoms with E-state index in [0.717, 1.165) is 0 Å². The first-order valence-electron chi connectivity index (χ1n) is 2.57. The van der Waals surface area contributed by atoms with Gasteiger partial charge in [0.25, 0.3) is 0 Å². The van der Waals surface area contributed by atoms with E-state index in [1.807, 2.05) is 20.8 Å². The predicted octanol–water partition coefficient (Wildman–Crippen LogP) is 1.37. The zero-order valence-corrected chi connectivity index (χ0v) is 6.52. The number of ether oxygens (including phenoxy) is 1. The summed E-state index contributed by atoms with van der Waals surface area (Å²) in [6.45, 7) is 5.45. The Morgan fingerprint density at radius 2 is 1.67 bits per heavy atom. The molecule has 3 nitrogen and oxygen atoms in total. The maximum absolute atomic E-state index is 10.6. The fourth-order valence-electron chi connectivity index (χ4n) is 0.306. The van der Waals surface area contributed by atoms with Crippen LogP contribution in [0.25, 0.3) is 0 Å². The van der Waals surface area contributed by atoms with Crippen molar-refractivity contribution in [1.29, 1.82) is 0 Å². The summed E-state index contributed by atoms with van der Waals surface area (Å²) in [4.78, 5) is 10.6. The fraction of sp³-hybridized carbons (Fsp3) is 0.833. The number of methoxy groups -OCH3 is 1. The van der Waals surface area contributed by atoms with Gasteiger partial charge in [-0.25, -0.2) is 0 Å². The molecule has 0 amide bonds. The largest absolute Gasteiger partial charge is 0.469 e. The summed E-state index contributed by atoms with van der Waals surface area (Å²) >= 11 is 0. The lowest BCUT2D eigenvalue weighted by Crippen LogP contribution is -2.21. The average molecular weight is 133 g/mol. The molecule has 0 aromatic heterocycles. The topological polar surface area (TPSA) is 61.3 Å². The molecule has 0 saturated heterocycles. The highest BCUT2D eigenvalue weighted by Gasteiger charge is 2.21. The molecular weight excluding hydrogens is 118 g/mol. The monoisotopic (exact) mass is 133 g/mol. The molecule has 3 N–H and O–H groups in total. The SMILES string of the molecule is COC(=O)C(C)(C)C.N. The van der Waals surface area contributed by atoms with E-state index in [1.54, 1.807) is 0 Å². The Bertz CT molecular complexity index is 93.7. The number of hydrogen-bond acceptors (Lipinski definition) is 3. The molecule has 0 bridgehead atoms. The van der Waals surface area contributed by atoms with Crippen molar-refractivity contribution in [3.8, 4) is 0 Å². The van der Waals surface area contributed by atoms with Crippen molar-refractivity contribution in [2.45, 2.75) is 20.8 Å². The Morgan fingerprint density at radius 1 is 1.33 bits per heavy atom. The van der Waals surface area contributed by atoms with Crippen LogP contribution in [-0.2, 0) is 9.53 Å². The number of hydrogen-bond donors (Lipinski definition) is 1. The number of rotatable bonds is 0. The zero-order chi connectivity index (χ0) is 6.78. The minimum Gasteiger partial charge on any atom is -0.469 e. The van der Waals surface area contributed by atoms with Crippen LogP contribution in [0.1, 0.15) is 20.8 Å². The Morgan fingerprint density at radius 3 is 1.67 bits per heavy atom. The van der Waals surface area contributed by atoms with E-state index in [1.165, 1.54) is 7.11 Å². The van der Waals surface area contributed by atoms with Crippen LogP contribution >= 0.6 is 0 Å². The molecule has 0 aliphatic rings. The van der Waals surface area contributed by atoms with Gasteiger partial charge < -0.3 is 10.9 Å². The van der Waals surface area contributed by atoms with Gasteiger partial charge in [0.2, 0.25) is 0 Å². The summed E-state index contributed by atoms with van der Waals surface area (Å²) in [5.74, 6) is -0.169. The Kier molecular flexibility index (Phi) is 4.32. The first kappa shape index (κ1) is 11.3. The molecule has 0 aromatic carbocycles. The van der Waals surface area contributed by atoms with Crippen molar-refractivity contribution in [3.63, 3.8) is 0 Å². The van der Waals surface area contributed by atoms with E-state index in [0.29, 0.717) is 0 Å². The van der Waals surface area contributed by atoms with Crippen molar-refractivity contribution in [2.24, 2.45) is 5.41 Å². The minimum absolute atomic E-state index is 0. The normalized spacial score (nSPS) is 9.78. The summed E-state index contributed by atoms with van der Waals surface area (Å²) in [7, 11) is 1.40. The third-order valence-corrected chi connectivity index (χ3v) is 0.798. The van der Waals surface area contributed by atoms with Crippen LogP contribution < -0.4 is 6.15 Å². The standard InChI is InChI=1S/C6H12O2.H3N/c1-6(2,3)5(7)8-4;/h1-4H3;1H3. The molecule has 0 unspecified atom stereocenters. The maximum Gasteiger partial charge on any atom is 0.310 e. The molecular formula is C6H15NO2. The molecule has 0 spiro atoms. The summed E-state index contributed by atoms with van der Waals surface area (Å²) in [6.07, 6.45) is 0. The first-order valence-corrected chi connectivity index (χ1v) is 2.57. The Labute approximate surface area is 56.0 Å². The van der Waals surface area contributed by atoms with E-state index >= 15 is 0 Å². The van der Waals surface area contributed by atoms with E-state index < -0.39 is 0 Å². The lowest BCUT2D eigenvalue weighted by Gasteiger charge is -2.13. The van der Waals surface area contributed by atoms with Gasteiger partial charge in [-0.05, 0) is 20.8 Å².